The third kappa shape index (κ3) is 2.53. The van der Waals surface area contributed by atoms with Crippen LogP contribution < -0.4 is 0 Å². The first-order chi connectivity index (χ1) is 11.6. The summed E-state index contributed by atoms with van der Waals surface area (Å²) in [4.78, 5) is 15.0. The number of nitrogens with zero attached hydrogens (tertiary/aromatic N) is 2. The van der Waals surface area contributed by atoms with Crippen LogP contribution in [0.2, 0.25) is 0 Å². The Balaban J connectivity index is 1.59. The molecule has 5 nitrogen and oxygen atoms in total. The number of aromatic amines is 1. The van der Waals surface area contributed by atoms with Crippen LogP contribution in [0.4, 0.5) is 0 Å². The van der Waals surface area contributed by atoms with Crippen molar-refractivity contribution in [3.63, 3.8) is 0 Å². The van der Waals surface area contributed by atoms with E-state index in [0.717, 1.165) is 36.1 Å². The van der Waals surface area contributed by atoms with Gasteiger partial charge in [-0.1, -0.05) is 24.3 Å². The van der Waals surface area contributed by atoms with Gasteiger partial charge in [-0.05, 0) is 44.2 Å². The van der Waals surface area contributed by atoms with Crippen LogP contribution in [0.3, 0.4) is 0 Å². The first-order valence-electron chi connectivity index (χ1n) is 8.69. The van der Waals surface area contributed by atoms with Gasteiger partial charge in [-0.3, -0.25) is 9.89 Å². The number of benzene rings is 1. The minimum atomic E-state index is -0.0710. The molecule has 1 aromatic carbocycles. The van der Waals surface area contributed by atoms with Crippen molar-refractivity contribution >= 4 is 5.91 Å². The molecule has 126 valence electrons. The Labute approximate surface area is 142 Å². The monoisotopic (exact) mass is 325 g/mol. The Bertz CT molecular complexity index is 768. The number of H-pyrrole nitrogens is 1. The minimum Gasteiger partial charge on any atom is -0.370 e. The highest BCUT2D eigenvalue weighted by molar-refractivity contribution is 5.94. The van der Waals surface area contributed by atoms with E-state index in [1.54, 1.807) is 0 Å². The molecule has 1 fully saturated rings. The quantitative estimate of drug-likeness (QED) is 0.924. The molecule has 2 aliphatic rings. The molecule has 2 unspecified atom stereocenters. The summed E-state index contributed by atoms with van der Waals surface area (Å²) < 4.78 is 6.03. The fourth-order valence-corrected chi connectivity index (χ4v) is 3.81. The van der Waals surface area contributed by atoms with Gasteiger partial charge in [0.05, 0.1) is 19.2 Å². The zero-order valence-electron chi connectivity index (χ0n) is 14.2. The predicted molar refractivity (Wildman–Crippen MR) is 91.0 cm³/mol. The van der Waals surface area contributed by atoms with Gasteiger partial charge in [0.2, 0.25) is 0 Å². The SMILES string of the molecule is Cc1ccccc1C1CN(C(=O)c2n[nH]c3c2CCC3)C(C)CO1. The summed E-state index contributed by atoms with van der Waals surface area (Å²) in [5.41, 5.74) is 5.22. The van der Waals surface area contributed by atoms with Gasteiger partial charge in [0, 0.05) is 11.3 Å². The van der Waals surface area contributed by atoms with Gasteiger partial charge in [-0.15, -0.1) is 0 Å². The fraction of sp³-hybridized carbons (Fsp3) is 0.474. The van der Waals surface area contributed by atoms with Crippen LogP contribution in [0.25, 0.3) is 0 Å². The van der Waals surface area contributed by atoms with Crippen LogP contribution in [0, 0.1) is 6.92 Å². The van der Waals surface area contributed by atoms with Crippen LogP contribution in [-0.2, 0) is 17.6 Å². The predicted octanol–water partition coefficient (Wildman–Crippen LogP) is 2.81. The Morgan fingerprint density at radius 2 is 2.17 bits per heavy atom. The molecule has 0 saturated carbocycles. The van der Waals surface area contributed by atoms with E-state index in [0.29, 0.717) is 18.8 Å². The second-order valence-electron chi connectivity index (χ2n) is 6.87. The topological polar surface area (TPSA) is 58.2 Å². The number of hydrogen-bond acceptors (Lipinski definition) is 3. The number of rotatable bonds is 2. The number of aromatic nitrogens is 2. The summed E-state index contributed by atoms with van der Waals surface area (Å²) in [7, 11) is 0. The molecule has 1 N–H and O–H groups in total. The van der Waals surface area contributed by atoms with Crippen molar-refractivity contribution in [1.29, 1.82) is 0 Å². The van der Waals surface area contributed by atoms with E-state index in [4.69, 9.17) is 4.74 Å². The smallest absolute Gasteiger partial charge is 0.275 e. The number of nitrogens with one attached hydrogen (secondary N) is 1. The zero-order valence-corrected chi connectivity index (χ0v) is 14.2. The number of amides is 1. The lowest BCUT2D eigenvalue weighted by molar-refractivity contribution is -0.0491. The van der Waals surface area contributed by atoms with Crippen molar-refractivity contribution in [2.75, 3.05) is 13.2 Å². The summed E-state index contributed by atoms with van der Waals surface area (Å²) in [5.74, 6) is 0.0313. The van der Waals surface area contributed by atoms with Crippen molar-refractivity contribution in [2.24, 2.45) is 0 Å². The van der Waals surface area contributed by atoms with Crippen LogP contribution in [0.1, 0.15) is 52.3 Å². The van der Waals surface area contributed by atoms with Gasteiger partial charge in [0.15, 0.2) is 5.69 Å². The molecule has 1 aromatic heterocycles. The van der Waals surface area contributed by atoms with Crippen LogP contribution in [0.15, 0.2) is 24.3 Å². The lowest BCUT2D eigenvalue weighted by Gasteiger charge is -2.38. The number of carbonyl (C=O) groups is 1. The maximum absolute atomic E-state index is 13.1. The number of ether oxygens (including phenoxy) is 1. The molecule has 4 rings (SSSR count). The normalized spacial score (nSPS) is 23.3. The van der Waals surface area contributed by atoms with E-state index in [2.05, 4.69) is 29.3 Å². The van der Waals surface area contributed by atoms with E-state index in [-0.39, 0.29) is 18.1 Å². The average molecular weight is 325 g/mol. The second kappa shape index (κ2) is 6.06. The first kappa shape index (κ1) is 15.4. The summed E-state index contributed by atoms with van der Waals surface area (Å²) in [6, 6.07) is 8.29. The van der Waals surface area contributed by atoms with Gasteiger partial charge < -0.3 is 9.64 Å². The number of hydrogen-bond donors (Lipinski definition) is 1. The molecular formula is C19H23N3O2. The standard InChI is InChI=1S/C19H23N3O2/c1-12-6-3-4-7-14(12)17-10-22(13(2)11-24-17)19(23)18-15-8-5-9-16(15)20-21-18/h3-4,6-7,13,17H,5,8-11H2,1-2H3,(H,20,21). The number of fused-ring (bicyclic) bond motifs is 1. The molecule has 1 saturated heterocycles. The molecule has 1 amide bonds. The van der Waals surface area contributed by atoms with Gasteiger partial charge in [-0.25, -0.2) is 0 Å². The molecule has 5 heteroatoms. The molecule has 1 aliphatic heterocycles. The van der Waals surface area contributed by atoms with Gasteiger partial charge in [0.25, 0.3) is 5.91 Å². The molecule has 2 atom stereocenters. The van der Waals surface area contributed by atoms with E-state index >= 15 is 0 Å². The number of aryl methyl sites for hydroxylation is 2. The Morgan fingerprint density at radius 1 is 1.33 bits per heavy atom. The maximum Gasteiger partial charge on any atom is 0.275 e. The highest BCUT2D eigenvalue weighted by Gasteiger charge is 2.34. The summed E-state index contributed by atoms with van der Waals surface area (Å²) in [6.07, 6.45) is 2.99. The second-order valence-corrected chi connectivity index (χ2v) is 6.87. The lowest BCUT2D eigenvalue weighted by Crippen LogP contribution is -2.48. The van der Waals surface area contributed by atoms with Gasteiger partial charge >= 0.3 is 0 Å². The summed E-state index contributed by atoms with van der Waals surface area (Å²) in [6.45, 7) is 5.26. The highest BCUT2D eigenvalue weighted by Crippen LogP contribution is 2.30. The Kier molecular flexibility index (Phi) is 3.88. The third-order valence-corrected chi connectivity index (χ3v) is 5.24. The lowest BCUT2D eigenvalue weighted by atomic mass is 10.0. The maximum atomic E-state index is 13.1. The van der Waals surface area contributed by atoms with Crippen molar-refractivity contribution in [3.05, 3.63) is 52.3 Å². The molecule has 1 aliphatic carbocycles. The Hall–Kier alpha value is -2.14. The molecule has 0 bridgehead atoms. The highest BCUT2D eigenvalue weighted by atomic mass is 16.5. The molecule has 0 spiro atoms. The molecule has 24 heavy (non-hydrogen) atoms. The van der Waals surface area contributed by atoms with E-state index < -0.39 is 0 Å². The summed E-state index contributed by atoms with van der Waals surface area (Å²) in [5, 5.41) is 7.35. The largest absolute Gasteiger partial charge is 0.370 e. The van der Waals surface area contributed by atoms with Crippen LogP contribution in [-0.4, -0.2) is 40.2 Å². The first-order valence-corrected chi connectivity index (χ1v) is 8.69. The molecule has 2 aromatic rings. The number of morpholine rings is 1. The van der Waals surface area contributed by atoms with E-state index in [1.807, 2.05) is 24.0 Å². The van der Waals surface area contributed by atoms with Gasteiger partial charge in [-0.2, -0.15) is 5.10 Å². The number of carbonyl (C=O) groups excluding carboxylic acids is 1. The van der Waals surface area contributed by atoms with Crippen LogP contribution >= 0.6 is 0 Å². The van der Waals surface area contributed by atoms with Crippen molar-refractivity contribution in [3.8, 4) is 0 Å². The fourth-order valence-electron chi connectivity index (χ4n) is 3.81. The molecule has 0 radical (unpaired) electrons. The summed E-state index contributed by atoms with van der Waals surface area (Å²) >= 11 is 0. The molecular weight excluding hydrogens is 302 g/mol. The van der Waals surface area contributed by atoms with Crippen molar-refractivity contribution in [2.45, 2.75) is 45.3 Å². The third-order valence-electron chi connectivity index (χ3n) is 5.24. The van der Waals surface area contributed by atoms with Gasteiger partial charge in [0.1, 0.15) is 6.10 Å². The van der Waals surface area contributed by atoms with E-state index in [9.17, 15) is 4.79 Å². The van der Waals surface area contributed by atoms with Crippen molar-refractivity contribution in [1.82, 2.24) is 15.1 Å². The average Bonchev–Trinajstić information content (AvgIpc) is 3.19. The van der Waals surface area contributed by atoms with E-state index in [1.165, 1.54) is 5.56 Å². The Morgan fingerprint density at radius 3 is 3.00 bits per heavy atom. The zero-order chi connectivity index (χ0) is 16.7. The van der Waals surface area contributed by atoms with Crippen LogP contribution in [0.5, 0.6) is 0 Å². The van der Waals surface area contributed by atoms with Crippen molar-refractivity contribution < 1.29 is 9.53 Å². The minimum absolute atomic E-state index is 0.0313. The molecule has 2 heterocycles.